The molecule has 0 N–H and O–H groups in total. The van der Waals surface area contributed by atoms with Crippen molar-refractivity contribution in [1.82, 2.24) is 4.90 Å². The van der Waals surface area contributed by atoms with Gasteiger partial charge in [-0.1, -0.05) is 11.6 Å². The Hall–Kier alpha value is -1.07. The zero-order chi connectivity index (χ0) is 15.7. The standard InChI is InChI=1S/C14H20ClNO3S/c1-9(2)16(10(3)4)14(17)12-8-11(20(5,18)19)6-7-13(12)15/h6-10H,1-5H3. The first-order chi connectivity index (χ1) is 9.05. The number of nitrogens with zero attached hydrogens (tertiary/aromatic N) is 1. The van der Waals surface area contributed by atoms with Gasteiger partial charge in [-0.25, -0.2) is 8.42 Å². The molecule has 1 aromatic carbocycles. The first-order valence-corrected chi connectivity index (χ1v) is 8.65. The molecule has 0 heterocycles. The summed E-state index contributed by atoms with van der Waals surface area (Å²) in [5.74, 6) is -0.259. The van der Waals surface area contributed by atoms with E-state index in [1.807, 2.05) is 27.7 Å². The third kappa shape index (κ3) is 3.73. The maximum Gasteiger partial charge on any atom is 0.255 e. The Kier molecular flexibility index (Phi) is 5.21. The molecule has 4 nitrogen and oxygen atoms in total. The third-order valence-electron chi connectivity index (χ3n) is 2.94. The largest absolute Gasteiger partial charge is 0.334 e. The summed E-state index contributed by atoms with van der Waals surface area (Å²) in [5.41, 5.74) is 0.219. The Bertz CT molecular complexity index is 601. The van der Waals surface area contributed by atoms with Crippen LogP contribution >= 0.6 is 11.6 Å². The molecular formula is C14H20ClNO3S. The van der Waals surface area contributed by atoms with E-state index in [-0.39, 0.29) is 33.5 Å². The Balaban J connectivity index is 3.35. The molecule has 6 heteroatoms. The topological polar surface area (TPSA) is 54.5 Å². The van der Waals surface area contributed by atoms with E-state index >= 15 is 0 Å². The molecule has 1 amide bonds. The lowest BCUT2D eigenvalue weighted by Crippen LogP contribution is -2.42. The van der Waals surface area contributed by atoms with Gasteiger partial charge in [-0.3, -0.25) is 4.79 Å². The van der Waals surface area contributed by atoms with E-state index in [4.69, 9.17) is 11.6 Å². The molecule has 0 saturated carbocycles. The van der Waals surface area contributed by atoms with E-state index < -0.39 is 9.84 Å². The second-order valence-corrected chi connectivity index (χ2v) is 7.74. The van der Waals surface area contributed by atoms with Crippen LogP contribution in [-0.2, 0) is 9.84 Å². The van der Waals surface area contributed by atoms with Gasteiger partial charge < -0.3 is 4.90 Å². The Morgan fingerprint density at radius 2 is 1.65 bits per heavy atom. The zero-order valence-electron chi connectivity index (χ0n) is 12.3. The van der Waals surface area contributed by atoms with Crippen LogP contribution in [0, 0.1) is 0 Å². The van der Waals surface area contributed by atoms with Gasteiger partial charge in [0.25, 0.3) is 5.91 Å². The summed E-state index contributed by atoms with van der Waals surface area (Å²) in [6.45, 7) is 7.64. The molecule has 0 unspecified atom stereocenters. The number of carbonyl (C=O) groups is 1. The molecule has 0 fully saturated rings. The third-order valence-corrected chi connectivity index (χ3v) is 4.38. The molecule has 0 aliphatic rings. The van der Waals surface area contributed by atoms with Gasteiger partial charge in [0.05, 0.1) is 15.5 Å². The molecule has 0 aliphatic carbocycles. The lowest BCUT2D eigenvalue weighted by atomic mass is 10.1. The number of hydrogen-bond donors (Lipinski definition) is 0. The van der Waals surface area contributed by atoms with Crippen molar-refractivity contribution < 1.29 is 13.2 Å². The van der Waals surface area contributed by atoms with Crippen LogP contribution in [0.1, 0.15) is 38.1 Å². The average Bonchev–Trinajstić information content (AvgIpc) is 2.26. The van der Waals surface area contributed by atoms with Crippen LogP contribution in [0.5, 0.6) is 0 Å². The van der Waals surface area contributed by atoms with E-state index in [1.54, 1.807) is 4.90 Å². The van der Waals surface area contributed by atoms with E-state index in [0.29, 0.717) is 0 Å². The minimum Gasteiger partial charge on any atom is -0.334 e. The Labute approximate surface area is 125 Å². The maximum absolute atomic E-state index is 12.6. The van der Waals surface area contributed by atoms with Gasteiger partial charge in [-0.15, -0.1) is 0 Å². The van der Waals surface area contributed by atoms with Gasteiger partial charge in [0, 0.05) is 18.3 Å². The van der Waals surface area contributed by atoms with Crippen molar-refractivity contribution in [3.63, 3.8) is 0 Å². The summed E-state index contributed by atoms with van der Waals surface area (Å²) >= 11 is 6.05. The zero-order valence-corrected chi connectivity index (χ0v) is 13.9. The highest BCUT2D eigenvalue weighted by Gasteiger charge is 2.24. The number of amides is 1. The smallest absolute Gasteiger partial charge is 0.255 e. The van der Waals surface area contributed by atoms with Crippen molar-refractivity contribution in [2.75, 3.05) is 6.26 Å². The molecule has 0 bridgehead atoms. The van der Waals surface area contributed by atoms with Crippen molar-refractivity contribution in [3.05, 3.63) is 28.8 Å². The molecule has 0 radical (unpaired) electrons. The van der Waals surface area contributed by atoms with Crippen LogP contribution in [0.25, 0.3) is 0 Å². The van der Waals surface area contributed by atoms with Crippen LogP contribution in [0.3, 0.4) is 0 Å². The van der Waals surface area contributed by atoms with E-state index in [0.717, 1.165) is 6.26 Å². The van der Waals surface area contributed by atoms with E-state index in [2.05, 4.69) is 0 Å². The van der Waals surface area contributed by atoms with Crippen LogP contribution < -0.4 is 0 Å². The van der Waals surface area contributed by atoms with Crippen LogP contribution in [0.15, 0.2) is 23.1 Å². The Morgan fingerprint density at radius 3 is 2.05 bits per heavy atom. The number of hydrogen-bond acceptors (Lipinski definition) is 3. The second kappa shape index (κ2) is 6.14. The van der Waals surface area contributed by atoms with Gasteiger partial charge in [0.2, 0.25) is 0 Å². The highest BCUT2D eigenvalue weighted by Crippen LogP contribution is 2.23. The van der Waals surface area contributed by atoms with Gasteiger partial charge in [0.1, 0.15) is 0 Å². The number of benzene rings is 1. The van der Waals surface area contributed by atoms with E-state index in [1.165, 1.54) is 18.2 Å². The molecule has 0 aromatic heterocycles. The van der Waals surface area contributed by atoms with Crippen LogP contribution in [0.2, 0.25) is 5.02 Å². The van der Waals surface area contributed by atoms with Gasteiger partial charge >= 0.3 is 0 Å². The van der Waals surface area contributed by atoms with Crippen molar-refractivity contribution in [3.8, 4) is 0 Å². The SMILES string of the molecule is CC(C)N(C(=O)c1cc(S(C)(=O)=O)ccc1Cl)C(C)C. The van der Waals surface area contributed by atoms with Gasteiger partial charge in [-0.2, -0.15) is 0 Å². The second-order valence-electron chi connectivity index (χ2n) is 5.31. The number of sulfone groups is 1. The normalized spacial score (nSPS) is 12.0. The van der Waals surface area contributed by atoms with Crippen molar-refractivity contribution in [2.45, 2.75) is 44.7 Å². The lowest BCUT2D eigenvalue weighted by Gasteiger charge is -2.31. The molecule has 0 aliphatic heterocycles. The summed E-state index contributed by atoms with van der Waals surface area (Å²) in [6.07, 6.45) is 1.10. The van der Waals surface area contributed by atoms with Gasteiger partial charge in [0.15, 0.2) is 9.84 Å². The first kappa shape index (κ1) is 17.0. The summed E-state index contributed by atoms with van der Waals surface area (Å²) in [6, 6.07) is 4.20. The summed E-state index contributed by atoms with van der Waals surface area (Å²) < 4.78 is 23.2. The molecule has 112 valence electrons. The molecule has 1 aromatic rings. The fraction of sp³-hybridized carbons (Fsp3) is 0.500. The van der Waals surface area contributed by atoms with E-state index in [9.17, 15) is 13.2 Å². The van der Waals surface area contributed by atoms with Crippen molar-refractivity contribution >= 4 is 27.3 Å². The summed E-state index contributed by atoms with van der Waals surface area (Å²) in [5, 5.41) is 0.258. The van der Waals surface area contributed by atoms with Gasteiger partial charge in [-0.05, 0) is 45.9 Å². The molecule has 0 spiro atoms. The highest BCUT2D eigenvalue weighted by molar-refractivity contribution is 7.90. The monoisotopic (exact) mass is 317 g/mol. The average molecular weight is 318 g/mol. The molecular weight excluding hydrogens is 298 g/mol. The predicted molar refractivity (Wildman–Crippen MR) is 81.0 cm³/mol. The van der Waals surface area contributed by atoms with Crippen molar-refractivity contribution in [2.24, 2.45) is 0 Å². The van der Waals surface area contributed by atoms with Crippen LogP contribution in [0.4, 0.5) is 0 Å². The molecule has 0 saturated heterocycles. The number of halogens is 1. The molecule has 0 atom stereocenters. The highest BCUT2D eigenvalue weighted by atomic mass is 35.5. The minimum absolute atomic E-state index is 0.000423. The number of rotatable bonds is 4. The number of carbonyl (C=O) groups excluding carboxylic acids is 1. The summed E-state index contributed by atoms with van der Waals surface area (Å²) in [7, 11) is -3.37. The Morgan fingerprint density at radius 1 is 1.15 bits per heavy atom. The first-order valence-electron chi connectivity index (χ1n) is 6.38. The lowest BCUT2D eigenvalue weighted by molar-refractivity contribution is 0.0643. The molecule has 1 rings (SSSR count). The van der Waals surface area contributed by atoms with Crippen molar-refractivity contribution in [1.29, 1.82) is 0 Å². The minimum atomic E-state index is -3.37. The fourth-order valence-corrected chi connectivity index (χ4v) is 2.95. The predicted octanol–water partition coefficient (Wildman–Crippen LogP) is 3.00. The molecule has 20 heavy (non-hydrogen) atoms. The van der Waals surface area contributed by atoms with Crippen LogP contribution in [-0.4, -0.2) is 37.6 Å². The summed E-state index contributed by atoms with van der Waals surface area (Å²) in [4.78, 5) is 14.3. The maximum atomic E-state index is 12.6. The quantitative estimate of drug-likeness (QED) is 0.857. The fourth-order valence-electron chi connectivity index (χ4n) is 2.10.